The Kier molecular flexibility index (Phi) is 7.69. The van der Waals surface area contributed by atoms with Crippen molar-refractivity contribution in [3.63, 3.8) is 0 Å². The van der Waals surface area contributed by atoms with Crippen molar-refractivity contribution in [3.05, 3.63) is 91.1 Å². The number of pyridine rings is 1. The van der Waals surface area contributed by atoms with Gasteiger partial charge in [0, 0.05) is 17.5 Å². The normalized spacial score (nSPS) is 10.9. The SMILES string of the molecule is CCC[n+]1cc(-c2cc(OC)c(OC)c(-c3ccc(-c4ccccc4)cc3)c2)cc2cc(OC)c(OC)cc21. The van der Waals surface area contributed by atoms with Crippen molar-refractivity contribution in [1.29, 1.82) is 0 Å². The fraction of sp³-hybridized carbons (Fsp3) is 0.206. The average Bonchev–Trinajstić information content (AvgIpc) is 3.00. The van der Waals surface area contributed by atoms with Crippen LogP contribution in [0.3, 0.4) is 0 Å². The number of methoxy groups -OCH3 is 4. The van der Waals surface area contributed by atoms with Gasteiger partial charge in [-0.1, -0.05) is 61.5 Å². The third-order valence-corrected chi connectivity index (χ3v) is 7.03. The topological polar surface area (TPSA) is 40.8 Å². The number of hydrogen-bond acceptors (Lipinski definition) is 4. The minimum Gasteiger partial charge on any atom is -0.493 e. The second kappa shape index (κ2) is 11.5. The highest BCUT2D eigenvalue weighted by molar-refractivity contribution is 5.87. The fourth-order valence-corrected chi connectivity index (χ4v) is 5.09. The Morgan fingerprint density at radius 1 is 0.564 bits per heavy atom. The predicted octanol–water partition coefficient (Wildman–Crippen LogP) is 7.57. The molecule has 1 aromatic heterocycles. The molecule has 0 fully saturated rings. The molecule has 0 saturated heterocycles. The Balaban J connectivity index is 1.67. The molecule has 0 radical (unpaired) electrons. The van der Waals surface area contributed by atoms with Crippen LogP contribution in [0.1, 0.15) is 13.3 Å². The Bertz CT molecular complexity index is 1590. The molecule has 0 atom stereocenters. The molecule has 5 heteroatoms. The molecule has 198 valence electrons. The zero-order chi connectivity index (χ0) is 27.4. The number of fused-ring (bicyclic) bond motifs is 1. The number of aromatic nitrogens is 1. The van der Waals surface area contributed by atoms with Gasteiger partial charge in [0.15, 0.2) is 29.2 Å². The third-order valence-electron chi connectivity index (χ3n) is 7.03. The van der Waals surface area contributed by atoms with Crippen molar-refractivity contribution >= 4 is 10.9 Å². The van der Waals surface area contributed by atoms with E-state index in [1.54, 1.807) is 28.4 Å². The molecule has 0 amide bonds. The van der Waals surface area contributed by atoms with Crippen LogP contribution >= 0.6 is 0 Å². The molecule has 0 aliphatic heterocycles. The van der Waals surface area contributed by atoms with Crippen molar-refractivity contribution in [2.75, 3.05) is 28.4 Å². The van der Waals surface area contributed by atoms with E-state index in [1.165, 1.54) is 11.1 Å². The molecule has 0 aliphatic carbocycles. The highest BCUT2D eigenvalue weighted by atomic mass is 16.5. The van der Waals surface area contributed by atoms with Gasteiger partial charge in [-0.25, -0.2) is 0 Å². The molecule has 39 heavy (non-hydrogen) atoms. The Morgan fingerprint density at radius 2 is 1.21 bits per heavy atom. The second-order valence-corrected chi connectivity index (χ2v) is 9.39. The lowest BCUT2D eigenvalue weighted by molar-refractivity contribution is -0.670. The van der Waals surface area contributed by atoms with Gasteiger partial charge in [-0.2, -0.15) is 4.57 Å². The zero-order valence-electron chi connectivity index (χ0n) is 23.2. The van der Waals surface area contributed by atoms with E-state index in [-0.39, 0.29) is 0 Å². The standard InChI is InChI=1S/C34H34NO4/c1-6-16-35-22-28(17-27-20-31(36-2)32(37-3)21-30(27)35)26-18-29(34(39-5)33(19-26)38-4)25-14-12-24(13-15-25)23-10-8-7-9-11-23/h7-15,17-22H,6,16H2,1-5H3/q+1. The van der Waals surface area contributed by atoms with Gasteiger partial charge in [0.1, 0.15) is 6.54 Å². The van der Waals surface area contributed by atoms with Gasteiger partial charge >= 0.3 is 0 Å². The molecule has 0 unspecified atom stereocenters. The van der Waals surface area contributed by atoms with Crippen molar-refractivity contribution in [2.24, 2.45) is 0 Å². The molecular formula is C34H34NO4+. The number of ether oxygens (including phenoxy) is 4. The number of aryl methyl sites for hydroxylation is 1. The van der Waals surface area contributed by atoms with Gasteiger partial charge in [-0.3, -0.25) is 0 Å². The summed E-state index contributed by atoms with van der Waals surface area (Å²) in [6, 6.07) is 29.4. The monoisotopic (exact) mass is 520 g/mol. The Hall–Kier alpha value is -4.51. The largest absolute Gasteiger partial charge is 0.493 e. The van der Waals surface area contributed by atoms with Crippen molar-refractivity contribution in [1.82, 2.24) is 0 Å². The highest BCUT2D eigenvalue weighted by Gasteiger charge is 2.20. The molecule has 0 N–H and O–H groups in total. The number of nitrogens with zero attached hydrogens (tertiary/aromatic N) is 1. The van der Waals surface area contributed by atoms with Gasteiger partial charge in [-0.05, 0) is 46.5 Å². The van der Waals surface area contributed by atoms with Crippen LogP contribution in [0, 0.1) is 0 Å². The first-order chi connectivity index (χ1) is 19.1. The minimum atomic E-state index is 0.687. The lowest BCUT2D eigenvalue weighted by Gasteiger charge is -2.16. The van der Waals surface area contributed by atoms with Gasteiger partial charge in [0.05, 0.1) is 39.9 Å². The number of rotatable bonds is 9. The zero-order valence-corrected chi connectivity index (χ0v) is 23.2. The van der Waals surface area contributed by atoms with E-state index in [2.05, 4.69) is 78.4 Å². The number of benzene rings is 4. The van der Waals surface area contributed by atoms with E-state index in [0.717, 1.165) is 51.9 Å². The first-order valence-corrected chi connectivity index (χ1v) is 13.1. The summed E-state index contributed by atoms with van der Waals surface area (Å²) in [7, 11) is 6.69. The Labute approximate surface area is 230 Å². The quantitative estimate of drug-likeness (QED) is 0.188. The average molecular weight is 521 g/mol. The van der Waals surface area contributed by atoms with Gasteiger partial charge < -0.3 is 18.9 Å². The first-order valence-electron chi connectivity index (χ1n) is 13.1. The summed E-state index contributed by atoms with van der Waals surface area (Å²) in [5.74, 6) is 2.82. The van der Waals surface area contributed by atoms with Crippen LogP contribution < -0.4 is 23.5 Å². The minimum absolute atomic E-state index is 0.687. The summed E-state index contributed by atoms with van der Waals surface area (Å²) < 4.78 is 25.1. The molecular weight excluding hydrogens is 486 g/mol. The smallest absolute Gasteiger partial charge is 0.216 e. The lowest BCUT2D eigenvalue weighted by atomic mass is 9.95. The maximum atomic E-state index is 5.86. The van der Waals surface area contributed by atoms with Crippen LogP contribution in [-0.2, 0) is 6.54 Å². The predicted molar refractivity (Wildman–Crippen MR) is 157 cm³/mol. The number of hydrogen-bond donors (Lipinski definition) is 0. The van der Waals surface area contributed by atoms with E-state index < -0.39 is 0 Å². The van der Waals surface area contributed by atoms with E-state index >= 15 is 0 Å². The molecule has 5 nitrogen and oxygen atoms in total. The van der Waals surface area contributed by atoms with Gasteiger partial charge in [0.25, 0.3) is 0 Å². The lowest BCUT2D eigenvalue weighted by Crippen LogP contribution is -2.34. The van der Waals surface area contributed by atoms with Gasteiger partial charge in [-0.15, -0.1) is 0 Å². The van der Waals surface area contributed by atoms with Crippen LogP contribution in [0.2, 0.25) is 0 Å². The van der Waals surface area contributed by atoms with Crippen molar-refractivity contribution < 1.29 is 23.5 Å². The maximum Gasteiger partial charge on any atom is 0.216 e. The molecule has 0 bridgehead atoms. The summed E-state index contributed by atoms with van der Waals surface area (Å²) in [6.07, 6.45) is 3.20. The molecule has 1 heterocycles. The van der Waals surface area contributed by atoms with Crippen LogP contribution in [0.5, 0.6) is 23.0 Å². The van der Waals surface area contributed by atoms with Crippen LogP contribution in [0.4, 0.5) is 0 Å². The molecule has 4 aromatic carbocycles. The van der Waals surface area contributed by atoms with Crippen LogP contribution in [-0.4, -0.2) is 28.4 Å². The van der Waals surface area contributed by atoms with E-state index in [4.69, 9.17) is 18.9 Å². The Morgan fingerprint density at radius 3 is 1.85 bits per heavy atom. The fourth-order valence-electron chi connectivity index (χ4n) is 5.09. The molecule has 0 aliphatic rings. The maximum absolute atomic E-state index is 5.86. The third kappa shape index (κ3) is 5.13. The van der Waals surface area contributed by atoms with E-state index in [0.29, 0.717) is 17.2 Å². The van der Waals surface area contributed by atoms with Gasteiger partial charge in [0.2, 0.25) is 5.52 Å². The van der Waals surface area contributed by atoms with E-state index in [9.17, 15) is 0 Å². The summed E-state index contributed by atoms with van der Waals surface area (Å²) >= 11 is 0. The van der Waals surface area contributed by atoms with Crippen molar-refractivity contribution in [3.8, 4) is 56.4 Å². The summed E-state index contributed by atoms with van der Waals surface area (Å²) in [6.45, 7) is 3.06. The second-order valence-electron chi connectivity index (χ2n) is 9.39. The van der Waals surface area contributed by atoms with Crippen LogP contribution in [0.25, 0.3) is 44.3 Å². The summed E-state index contributed by atoms with van der Waals surface area (Å²) in [5.41, 5.74) is 7.59. The molecule has 0 saturated carbocycles. The molecule has 0 spiro atoms. The first kappa shape index (κ1) is 26.1. The summed E-state index contributed by atoms with van der Waals surface area (Å²) in [4.78, 5) is 0. The highest BCUT2D eigenvalue weighted by Crippen LogP contribution is 2.43. The van der Waals surface area contributed by atoms with E-state index in [1.807, 2.05) is 24.3 Å². The molecule has 5 rings (SSSR count). The van der Waals surface area contributed by atoms with Crippen molar-refractivity contribution in [2.45, 2.75) is 19.9 Å². The van der Waals surface area contributed by atoms with Crippen LogP contribution in [0.15, 0.2) is 91.1 Å². The molecule has 5 aromatic rings. The summed E-state index contributed by atoms with van der Waals surface area (Å²) in [5, 5.41) is 1.07.